The zero-order chi connectivity index (χ0) is 24.4. The van der Waals surface area contributed by atoms with Crippen LogP contribution in [0.2, 0.25) is 0 Å². The summed E-state index contributed by atoms with van der Waals surface area (Å²) in [6, 6.07) is 8.83. The van der Waals surface area contributed by atoms with Gasteiger partial charge >= 0.3 is 6.18 Å². The lowest BCUT2D eigenvalue weighted by molar-refractivity contribution is -0.137. The Morgan fingerprint density at radius 2 is 1.69 bits per heavy atom. The van der Waals surface area contributed by atoms with E-state index in [1.54, 1.807) is 24.3 Å². The zero-order valence-electron chi connectivity index (χ0n) is 19.5. The Hall–Kier alpha value is -2.48. The minimum Gasteiger partial charge on any atom is -0.457 e. The first-order chi connectivity index (χ1) is 16.9. The van der Waals surface area contributed by atoms with Crippen LogP contribution in [0.25, 0.3) is 17.4 Å². The Bertz CT molecular complexity index is 1130. The van der Waals surface area contributed by atoms with E-state index in [0.29, 0.717) is 22.0 Å². The van der Waals surface area contributed by atoms with Gasteiger partial charge in [0.15, 0.2) is 5.17 Å². The summed E-state index contributed by atoms with van der Waals surface area (Å²) in [5.41, 5.74) is -0.377. The van der Waals surface area contributed by atoms with Crippen LogP contribution in [0.5, 0.6) is 0 Å². The van der Waals surface area contributed by atoms with Crippen LogP contribution in [-0.2, 0) is 11.0 Å². The number of amides is 1. The van der Waals surface area contributed by atoms with Gasteiger partial charge < -0.3 is 4.42 Å². The lowest BCUT2D eigenvalue weighted by Gasteiger charge is -2.31. The summed E-state index contributed by atoms with van der Waals surface area (Å²) in [5.74, 6) is 0.725. The molecule has 3 fully saturated rings. The van der Waals surface area contributed by atoms with Gasteiger partial charge in [0.25, 0.3) is 5.91 Å². The van der Waals surface area contributed by atoms with Gasteiger partial charge in [0, 0.05) is 17.7 Å². The molecule has 2 heterocycles. The first kappa shape index (κ1) is 24.2. The Labute approximate surface area is 207 Å². The molecular formula is C27H29F3N2O2S. The smallest absolute Gasteiger partial charge is 0.416 e. The van der Waals surface area contributed by atoms with Crippen molar-refractivity contribution in [3.63, 3.8) is 0 Å². The van der Waals surface area contributed by atoms with Crippen LogP contribution in [-0.4, -0.2) is 28.1 Å². The van der Waals surface area contributed by atoms with Gasteiger partial charge in [0.05, 0.1) is 16.5 Å². The fraction of sp³-hybridized carbons (Fsp3) is 0.481. The maximum Gasteiger partial charge on any atom is 0.416 e. The summed E-state index contributed by atoms with van der Waals surface area (Å²) >= 11 is 1.40. The molecule has 0 spiro atoms. The van der Waals surface area contributed by atoms with Crippen molar-refractivity contribution < 1.29 is 22.4 Å². The van der Waals surface area contributed by atoms with Gasteiger partial charge in [-0.2, -0.15) is 13.2 Å². The van der Waals surface area contributed by atoms with E-state index in [-0.39, 0.29) is 18.0 Å². The number of carbonyl (C=O) groups is 1. The van der Waals surface area contributed by atoms with Crippen LogP contribution < -0.4 is 0 Å². The van der Waals surface area contributed by atoms with Gasteiger partial charge in [-0.25, -0.2) is 0 Å². The number of halogens is 3. The molecule has 0 unspecified atom stereocenters. The third-order valence-corrected chi connectivity index (χ3v) is 8.02. The topological polar surface area (TPSA) is 45.8 Å². The van der Waals surface area contributed by atoms with Crippen molar-refractivity contribution in [3.8, 4) is 11.3 Å². The van der Waals surface area contributed by atoms with Gasteiger partial charge in [-0.3, -0.25) is 14.7 Å². The first-order valence-electron chi connectivity index (χ1n) is 12.5. The van der Waals surface area contributed by atoms with Crippen molar-refractivity contribution in [1.29, 1.82) is 0 Å². The van der Waals surface area contributed by atoms with Crippen LogP contribution >= 0.6 is 11.8 Å². The average molecular weight is 503 g/mol. The molecule has 2 saturated carbocycles. The minimum atomic E-state index is -4.42. The van der Waals surface area contributed by atoms with E-state index in [4.69, 9.17) is 9.41 Å². The summed E-state index contributed by atoms with van der Waals surface area (Å²) in [4.78, 5) is 21.0. The molecule has 1 saturated heterocycles. The lowest BCUT2D eigenvalue weighted by Crippen LogP contribution is -2.41. The van der Waals surface area contributed by atoms with Crippen LogP contribution in [0, 0.1) is 0 Å². The maximum absolute atomic E-state index is 13.5. The molecule has 5 rings (SSSR count). The summed E-state index contributed by atoms with van der Waals surface area (Å²) in [6.07, 6.45) is 8.43. The number of hydrogen-bond acceptors (Lipinski definition) is 4. The van der Waals surface area contributed by atoms with Gasteiger partial charge in [0.1, 0.15) is 11.5 Å². The number of hydrogen-bond donors (Lipinski definition) is 0. The van der Waals surface area contributed by atoms with Gasteiger partial charge in [-0.15, -0.1) is 0 Å². The molecule has 4 nitrogen and oxygen atoms in total. The number of thioether (sulfide) groups is 1. The van der Waals surface area contributed by atoms with Crippen molar-refractivity contribution in [2.75, 3.05) is 0 Å². The second kappa shape index (κ2) is 10.2. The third-order valence-electron chi connectivity index (χ3n) is 7.02. The monoisotopic (exact) mass is 502 g/mol. The van der Waals surface area contributed by atoms with Crippen molar-refractivity contribution >= 4 is 28.9 Å². The SMILES string of the molecule is O=C1C(=Cc2ccc(-c3cccc(C(F)(F)F)c3)o2)SC(=NC2CCCCC2)N1C1CCCCC1. The molecule has 186 valence electrons. The number of amidine groups is 1. The van der Waals surface area contributed by atoms with E-state index in [1.807, 2.05) is 4.90 Å². The van der Waals surface area contributed by atoms with Crippen LogP contribution in [0.4, 0.5) is 13.2 Å². The summed E-state index contributed by atoms with van der Waals surface area (Å²) in [7, 11) is 0. The molecule has 35 heavy (non-hydrogen) atoms. The summed E-state index contributed by atoms with van der Waals surface area (Å²) in [6.45, 7) is 0. The minimum absolute atomic E-state index is 0.0477. The quantitative estimate of drug-likeness (QED) is 0.399. The van der Waals surface area contributed by atoms with Gasteiger partial charge in [-0.05, 0) is 61.7 Å². The van der Waals surface area contributed by atoms with Crippen molar-refractivity contribution in [3.05, 3.63) is 52.6 Å². The molecule has 2 aromatic rings. The van der Waals surface area contributed by atoms with E-state index in [1.165, 1.54) is 43.5 Å². The van der Waals surface area contributed by atoms with Crippen molar-refractivity contribution in [1.82, 2.24) is 4.90 Å². The first-order valence-corrected chi connectivity index (χ1v) is 13.3. The molecule has 1 aliphatic heterocycles. The predicted octanol–water partition coefficient (Wildman–Crippen LogP) is 7.90. The number of carbonyl (C=O) groups excluding carboxylic acids is 1. The molecule has 1 amide bonds. The normalized spacial score (nSPS) is 23.1. The average Bonchev–Trinajstić information content (AvgIpc) is 3.44. The lowest BCUT2D eigenvalue weighted by atomic mass is 9.94. The molecule has 0 radical (unpaired) electrons. The highest BCUT2D eigenvalue weighted by Gasteiger charge is 2.39. The number of alkyl halides is 3. The molecule has 1 aromatic carbocycles. The van der Waals surface area contributed by atoms with Crippen molar-refractivity contribution in [2.24, 2.45) is 4.99 Å². The molecule has 0 N–H and O–H groups in total. The number of nitrogens with zero attached hydrogens (tertiary/aromatic N) is 2. The largest absolute Gasteiger partial charge is 0.457 e. The van der Waals surface area contributed by atoms with E-state index in [0.717, 1.165) is 55.8 Å². The van der Waals surface area contributed by atoms with Crippen LogP contribution in [0.1, 0.15) is 75.5 Å². The molecular weight excluding hydrogens is 473 g/mol. The van der Waals surface area contributed by atoms with Crippen LogP contribution in [0.3, 0.4) is 0 Å². The summed E-state index contributed by atoms with van der Waals surface area (Å²) in [5, 5.41) is 0.796. The fourth-order valence-electron chi connectivity index (χ4n) is 5.17. The Morgan fingerprint density at radius 3 is 2.40 bits per heavy atom. The Kier molecular flexibility index (Phi) is 7.09. The number of benzene rings is 1. The highest BCUT2D eigenvalue weighted by molar-refractivity contribution is 8.18. The van der Waals surface area contributed by atoms with E-state index in [9.17, 15) is 18.0 Å². The molecule has 8 heteroatoms. The van der Waals surface area contributed by atoms with E-state index >= 15 is 0 Å². The molecule has 2 aliphatic carbocycles. The molecule has 1 aromatic heterocycles. The predicted molar refractivity (Wildman–Crippen MR) is 133 cm³/mol. The summed E-state index contributed by atoms with van der Waals surface area (Å²) < 4.78 is 45.1. The Balaban J connectivity index is 1.41. The van der Waals surface area contributed by atoms with Crippen LogP contribution in [0.15, 0.2) is 50.7 Å². The highest BCUT2D eigenvalue weighted by atomic mass is 32.2. The number of rotatable bonds is 4. The highest BCUT2D eigenvalue weighted by Crippen LogP contribution is 2.39. The number of aliphatic imine (C=N–C) groups is 1. The number of furan rings is 1. The van der Waals surface area contributed by atoms with Crippen molar-refractivity contribution in [2.45, 2.75) is 82.5 Å². The zero-order valence-corrected chi connectivity index (χ0v) is 20.3. The third kappa shape index (κ3) is 5.52. The molecule has 3 aliphatic rings. The standard InChI is InChI=1S/C27H29F3N2O2S/c28-27(29,30)19-9-7-8-18(16-19)23-15-14-22(34-23)17-24-25(33)32(21-12-5-2-6-13-21)26(35-24)31-20-10-3-1-4-11-20/h7-9,14-17,20-21H,1-6,10-13H2. The second-order valence-electron chi connectivity index (χ2n) is 9.56. The van der Waals surface area contributed by atoms with E-state index < -0.39 is 11.7 Å². The molecule has 0 bridgehead atoms. The molecule has 0 atom stereocenters. The van der Waals surface area contributed by atoms with E-state index in [2.05, 4.69) is 0 Å². The van der Waals surface area contributed by atoms with Gasteiger partial charge in [0.2, 0.25) is 0 Å². The second-order valence-corrected chi connectivity index (χ2v) is 10.6. The van der Waals surface area contributed by atoms with Gasteiger partial charge in [-0.1, -0.05) is 50.7 Å². The maximum atomic E-state index is 13.5. The Morgan fingerprint density at radius 1 is 0.971 bits per heavy atom. The fourth-order valence-corrected chi connectivity index (χ4v) is 6.26.